The van der Waals surface area contributed by atoms with Gasteiger partial charge in [-0.15, -0.1) is 0 Å². The van der Waals surface area contributed by atoms with Crippen molar-refractivity contribution in [1.29, 1.82) is 0 Å². The lowest BCUT2D eigenvalue weighted by Crippen LogP contribution is -2.19. The summed E-state index contributed by atoms with van der Waals surface area (Å²) in [6.45, 7) is 6.00. The molecule has 0 rings (SSSR count). The lowest BCUT2D eigenvalue weighted by molar-refractivity contribution is -0.137. The third-order valence-electron chi connectivity index (χ3n) is 4.38. The number of Topliss-reactive ketones (excluding diaryl/α,β-unsaturated/α-hetero) is 1. The van der Waals surface area contributed by atoms with Gasteiger partial charge in [0.25, 0.3) is 0 Å². The molecule has 0 bridgehead atoms. The molecule has 3 heteroatoms. The van der Waals surface area contributed by atoms with Crippen molar-refractivity contribution in [2.75, 3.05) is 0 Å². The van der Waals surface area contributed by atoms with E-state index in [1.807, 2.05) is 20.8 Å². The van der Waals surface area contributed by atoms with Crippen LogP contribution in [0.1, 0.15) is 111 Å². The summed E-state index contributed by atoms with van der Waals surface area (Å²) in [5.41, 5.74) is -0.173. The highest BCUT2D eigenvalue weighted by Crippen LogP contribution is 2.19. The summed E-state index contributed by atoms with van der Waals surface area (Å²) in [5, 5.41) is 8.54. The standard InChI is InChI=1S/C20H38O3/c1-20(2,3)18(21)16-14-12-10-8-6-4-5-7-9-11-13-15-17-19(22)23/h4-17H2,1-3H3,(H,22,23). The predicted octanol–water partition coefficient (Wildman–Crippen LogP) is 6.15. The number of carboxylic acid groups (broad SMARTS) is 1. The third kappa shape index (κ3) is 15.8. The van der Waals surface area contributed by atoms with Crippen LogP contribution in [-0.4, -0.2) is 16.9 Å². The van der Waals surface area contributed by atoms with Crippen LogP contribution in [0.4, 0.5) is 0 Å². The molecule has 0 amide bonds. The number of unbranched alkanes of at least 4 members (excludes halogenated alkanes) is 11. The van der Waals surface area contributed by atoms with Gasteiger partial charge in [0, 0.05) is 18.3 Å². The van der Waals surface area contributed by atoms with E-state index in [1.165, 1.54) is 57.8 Å². The van der Waals surface area contributed by atoms with E-state index in [4.69, 9.17) is 5.11 Å². The Bertz CT molecular complexity index is 315. The van der Waals surface area contributed by atoms with Gasteiger partial charge in [-0.05, 0) is 12.8 Å². The molecular formula is C20H38O3. The molecule has 0 aromatic heterocycles. The first-order valence-corrected chi connectivity index (χ1v) is 9.59. The second-order valence-corrected chi connectivity index (χ2v) is 7.81. The van der Waals surface area contributed by atoms with Crippen LogP contribution in [0.5, 0.6) is 0 Å². The molecule has 0 atom stereocenters. The van der Waals surface area contributed by atoms with Crippen molar-refractivity contribution in [1.82, 2.24) is 0 Å². The van der Waals surface area contributed by atoms with Crippen molar-refractivity contribution in [3.63, 3.8) is 0 Å². The summed E-state index contributed by atoms with van der Waals surface area (Å²) in [5.74, 6) is -0.284. The van der Waals surface area contributed by atoms with Crippen LogP contribution in [0, 0.1) is 5.41 Å². The smallest absolute Gasteiger partial charge is 0.303 e. The molecule has 0 unspecified atom stereocenters. The average molecular weight is 327 g/mol. The molecular weight excluding hydrogens is 288 g/mol. The monoisotopic (exact) mass is 326 g/mol. The third-order valence-corrected chi connectivity index (χ3v) is 4.38. The van der Waals surface area contributed by atoms with Gasteiger partial charge >= 0.3 is 5.97 Å². The minimum atomic E-state index is -0.673. The SMILES string of the molecule is CC(C)(C)C(=O)CCCCCCCCCCCCCCC(=O)O. The van der Waals surface area contributed by atoms with Gasteiger partial charge in [-0.3, -0.25) is 9.59 Å². The average Bonchev–Trinajstić information content (AvgIpc) is 2.46. The summed E-state index contributed by atoms with van der Waals surface area (Å²) >= 11 is 0. The number of hydrogen-bond acceptors (Lipinski definition) is 2. The van der Waals surface area contributed by atoms with Crippen molar-refractivity contribution in [2.45, 2.75) is 111 Å². The fraction of sp³-hybridized carbons (Fsp3) is 0.900. The number of carbonyl (C=O) groups excluding carboxylic acids is 1. The maximum atomic E-state index is 11.8. The van der Waals surface area contributed by atoms with E-state index in [1.54, 1.807) is 0 Å². The molecule has 0 aromatic carbocycles. The van der Waals surface area contributed by atoms with Crippen molar-refractivity contribution in [2.24, 2.45) is 5.41 Å². The first-order valence-electron chi connectivity index (χ1n) is 9.59. The topological polar surface area (TPSA) is 54.4 Å². The Morgan fingerprint density at radius 2 is 0.913 bits per heavy atom. The van der Waals surface area contributed by atoms with Gasteiger partial charge in [-0.25, -0.2) is 0 Å². The van der Waals surface area contributed by atoms with E-state index >= 15 is 0 Å². The number of carbonyl (C=O) groups is 2. The Morgan fingerprint density at radius 3 is 1.22 bits per heavy atom. The fourth-order valence-corrected chi connectivity index (χ4v) is 2.70. The zero-order valence-electron chi connectivity index (χ0n) is 15.7. The van der Waals surface area contributed by atoms with E-state index in [2.05, 4.69) is 0 Å². The molecule has 0 radical (unpaired) electrons. The van der Waals surface area contributed by atoms with E-state index < -0.39 is 5.97 Å². The van der Waals surface area contributed by atoms with Crippen LogP contribution in [0.25, 0.3) is 0 Å². The quantitative estimate of drug-likeness (QED) is 0.367. The normalized spacial score (nSPS) is 11.6. The van der Waals surface area contributed by atoms with Crippen LogP contribution in [0.15, 0.2) is 0 Å². The highest BCUT2D eigenvalue weighted by atomic mass is 16.4. The highest BCUT2D eigenvalue weighted by Gasteiger charge is 2.19. The molecule has 0 fully saturated rings. The number of aliphatic carboxylic acids is 1. The lowest BCUT2D eigenvalue weighted by atomic mass is 9.88. The second-order valence-electron chi connectivity index (χ2n) is 7.81. The number of ketones is 1. The van der Waals surface area contributed by atoms with Crippen molar-refractivity contribution < 1.29 is 14.7 Å². The summed E-state index contributed by atoms with van der Waals surface area (Å²) in [4.78, 5) is 22.1. The number of hydrogen-bond donors (Lipinski definition) is 1. The second kappa shape index (κ2) is 13.6. The Kier molecular flexibility index (Phi) is 13.1. The maximum absolute atomic E-state index is 11.8. The van der Waals surface area contributed by atoms with Crippen LogP contribution in [-0.2, 0) is 9.59 Å². The minimum Gasteiger partial charge on any atom is -0.481 e. The van der Waals surface area contributed by atoms with Gasteiger partial charge in [0.1, 0.15) is 5.78 Å². The minimum absolute atomic E-state index is 0.173. The maximum Gasteiger partial charge on any atom is 0.303 e. The van der Waals surface area contributed by atoms with Crippen LogP contribution in [0.2, 0.25) is 0 Å². The van der Waals surface area contributed by atoms with E-state index in [-0.39, 0.29) is 5.41 Å². The van der Waals surface area contributed by atoms with E-state index in [0.717, 1.165) is 25.7 Å². The number of carboxylic acids is 1. The van der Waals surface area contributed by atoms with Crippen LogP contribution >= 0.6 is 0 Å². The predicted molar refractivity (Wildman–Crippen MR) is 96.7 cm³/mol. The molecule has 23 heavy (non-hydrogen) atoms. The van der Waals surface area contributed by atoms with Gasteiger partial charge in [0.15, 0.2) is 0 Å². The Labute approximate surface area is 143 Å². The molecule has 0 aromatic rings. The highest BCUT2D eigenvalue weighted by molar-refractivity contribution is 5.83. The molecule has 0 spiro atoms. The van der Waals surface area contributed by atoms with Crippen molar-refractivity contribution in [3.05, 3.63) is 0 Å². The molecule has 0 heterocycles. The Morgan fingerprint density at radius 1 is 0.609 bits per heavy atom. The van der Waals surface area contributed by atoms with Crippen LogP contribution < -0.4 is 0 Å². The summed E-state index contributed by atoms with van der Waals surface area (Å²) in [6, 6.07) is 0. The molecule has 136 valence electrons. The van der Waals surface area contributed by atoms with Crippen molar-refractivity contribution in [3.8, 4) is 0 Å². The zero-order valence-corrected chi connectivity index (χ0v) is 15.7. The first-order chi connectivity index (χ1) is 10.8. The Balaban J connectivity index is 3.17. The largest absolute Gasteiger partial charge is 0.481 e. The van der Waals surface area contributed by atoms with Gasteiger partial charge < -0.3 is 5.11 Å². The molecule has 0 aliphatic rings. The summed E-state index contributed by atoms with van der Waals surface area (Å²) in [7, 11) is 0. The molecule has 0 aliphatic heterocycles. The first kappa shape index (κ1) is 22.1. The van der Waals surface area contributed by atoms with Gasteiger partial charge in [0.2, 0.25) is 0 Å². The fourth-order valence-electron chi connectivity index (χ4n) is 2.70. The molecule has 1 N–H and O–H groups in total. The number of rotatable bonds is 15. The lowest BCUT2D eigenvalue weighted by Gasteiger charge is -2.16. The van der Waals surface area contributed by atoms with Crippen LogP contribution in [0.3, 0.4) is 0 Å². The van der Waals surface area contributed by atoms with Gasteiger partial charge in [-0.2, -0.15) is 0 Å². The molecule has 0 aliphatic carbocycles. The van der Waals surface area contributed by atoms with Crippen molar-refractivity contribution >= 4 is 11.8 Å². The van der Waals surface area contributed by atoms with Gasteiger partial charge in [0.05, 0.1) is 0 Å². The molecule has 0 saturated carbocycles. The van der Waals surface area contributed by atoms with Gasteiger partial charge in [-0.1, -0.05) is 85.0 Å². The van der Waals surface area contributed by atoms with E-state index in [0.29, 0.717) is 12.2 Å². The molecule has 3 nitrogen and oxygen atoms in total. The summed E-state index contributed by atoms with van der Waals surface area (Å²) < 4.78 is 0. The zero-order chi connectivity index (χ0) is 17.6. The summed E-state index contributed by atoms with van der Waals surface area (Å²) in [6.07, 6.45) is 15.4. The Hall–Kier alpha value is -0.860. The van der Waals surface area contributed by atoms with E-state index in [9.17, 15) is 9.59 Å². The molecule has 0 saturated heterocycles.